The van der Waals surface area contributed by atoms with Gasteiger partial charge in [0, 0.05) is 12.6 Å². The molecule has 0 bridgehead atoms. The molecule has 20 heavy (non-hydrogen) atoms. The molecular formula is C13H18ClN3O3. The molecule has 1 aromatic rings. The minimum Gasteiger partial charge on any atom is -0.488 e. The monoisotopic (exact) mass is 299 g/mol. The maximum Gasteiger partial charge on any atom is 0.368 e. The Labute approximate surface area is 123 Å². The summed E-state index contributed by atoms with van der Waals surface area (Å²) in [4.78, 5) is 18.6. The molecule has 0 radical (unpaired) electrons. The second kappa shape index (κ2) is 7.33. The van der Waals surface area contributed by atoms with E-state index in [9.17, 15) is 9.90 Å². The molecule has 1 unspecified atom stereocenters. The van der Waals surface area contributed by atoms with Gasteiger partial charge in [-0.1, -0.05) is 19.9 Å². The van der Waals surface area contributed by atoms with Gasteiger partial charge in [0.25, 0.3) is 0 Å². The first-order chi connectivity index (χ1) is 9.06. The van der Waals surface area contributed by atoms with Crippen LogP contribution in [0.25, 0.3) is 0 Å². The largest absolute Gasteiger partial charge is 0.488 e. The van der Waals surface area contributed by atoms with Crippen molar-refractivity contribution in [3.63, 3.8) is 0 Å². The summed E-state index contributed by atoms with van der Waals surface area (Å²) in [7, 11) is 0. The number of rotatable bonds is 6. The number of carbonyl (C=O) groups excluding carboxylic acids is 1. The SMILES string of the molecule is CC(C)NCC(O)COc1cccc2c1=NC(=O)N=2.Cl. The van der Waals surface area contributed by atoms with Crippen LogP contribution in [0.15, 0.2) is 28.2 Å². The number of benzene rings is 1. The van der Waals surface area contributed by atoms with Gasteiger partial charge in [0.15, 0.2) is 0 Å². The van der Waals surface area contributed by atoms with Gasteiger partial charge in [-0.3, -0.25) is 0 Å². The van der Waals surface area contributed by atoms with Crippen LogP contribution in [0.3, 0.4) is 0 Å². The fourth-order valence-corrected chi connectivity index (χ4v) is 1.67. The summed E-state index contributed by atoms with van der Waals surface area (Å²) < 4.78 is 5.50. The zero-order valence-electron chi connectivity index (χ0n) is 11.4. The van der Waals surface area contributed by atoms with Crippen molar-refractivity contribution in [3.05, 3.63) is 28.9 Å². The highest BCUT2D eigenvalue weighted by Crippen LogP contribution is 2.02. The molecule has 0 saturated heterocycles. The third-order valence-electron chi connectivity index (χ3n) is 2.59. The van der Waals surface area contributed by atoms with Crippen LogP contribution < -0.4 is 20.8 Å². The lowest BCUT2D eigenvalue weighted by atomic mass is 10.3. The second-order valence-corrected chi connectivity index (χ2v) is 4.66. The molecule has 0 aromatic heterocycles. The van der Waals surface area contributed by atoms with Crippen LogP contribution in [0.5, 0.6) is 5.75 Å². The number of aliphatic hydroxyl groups excluding tert-OH is 1. The van der Waals surface area contributed by atoms with Crippen LogP contribution >= 0.6 is 12.4 Å². The van der Waals surface area contributed by atoms with E-state index in [0.29, 0.717) is 29.1 Å². The number of hydrogen-bond donors (Lipinski definition) is 2. The molecule has 6 nitrogen and oxygen atoms in total. The molecule has 1 aromatic carbocycles. The number of nitrogens with zero attached hydrogens (tertiary/aromatic N) is 2. The van der Waals surface area contributed by atoms with E-state index in [2.05, 4.69) is 15.3 Å². The summed E-state index contributed by atoms with van der Waals surface area (Å²) in [5, 5.41) is 13.8. The summed E-state index contributed by atoms with van der Waals surface area (Å²) in [5.74, 6) is 0.468. The maximum atomic E-state index is 11.1. The van der Waals surface area contributed by atoms with Gasteiger partial charge < -0.3 is 15.2 Å². The van der Waals surface area contributed by atoms with Crippen LogP contribution in [0.1, 0.15) is 13.8 Å². The fraction of sp³-hybridized carbons (Fsp3) is 0.462. The van der Waals surface area contributed by atoms with E-state index in [0.717, 1.165) is 0 Å². The highest BCUT2D eigenvalue weighted by atomic mass is 35.5. The first kappa shape index (κ1) is 16.6. The molecular weight excluding hydrogens is 282 g/mol. The summed E-state index contributed by atoms with van der Waals surface area (Å²) in [5.41, 5.74) is 0. The Bertz CT molecular complexity index is 589. The predicted octanol–water partition coefficient (Wildman–Crippen LogP) is 0.219. The third kappa shape index (κ3) is 4.26. The Kier molecular flexibility index (Phi) is 6.06. The van der Waals surface area contributed by atoms with Crippen molar-refractivity contribution in [2.75, 3.05) is 13.2 Å². The molecule has 2 rings (SSSR count). The lowest BCUT2D eigenvalue weighted by Crippen LogP contribution is -2.36. The molecule has 1 atom stereocenters. The quantitative estimate of drug-likeness (QED) is 0.787. The number of ether oxygens (including phenoxy) is 1. The standard InChI is InChI=1S/C13H17N3O3.ClH/c1-8(2)14-6-9(17)7-19-11-5-3-4-10-12(11)16-13(18)15-10;/h3-5,8-9,14,17H,6-7H2,1-2H3;1H. The van der Waals surface area contributed by atoms with Gasteiger partial charge in [0.05, 0.1) is 5.36 Å². The number of halogens is 1. The minimum absolute atomic E-state index is 0. The van der Waals surface area contributed by atoms with Gasteiger partial charge in [0.1, 0.15) is 23.8 Å². The Morgan fingerprint density at radius 3 is 2.80 bits per heavy atom. The van der Waals surface area contributed by atoms with Gasteiger partial charge in [-0.15, -0.1) is 12.4 Å². The van der Waals surface area contributed by atoms with Gasteiger partial charge in [-0.25, -0.2) is 4.79 Å². The number of para-hydroxylation sites is 1. The van der Waals surface area contributed by atoms with Crippen molar-refractivity contribution in [2.24, 2.45) is 9.98 Å². The van der Waals surface area contributed by atoms with Crippen molar-refractivity contribution in [3.8, 4) is 5.75 Å². The van der Waals surface area contributed by atoms with Crippen LogP contribution in [-0.4, -0.2) is 36.4 Å². The summed E-state index contributed by atoms with van der Waals surface area (Å²) >= 11 is 0. The highest BCUT2D eigenvalue weighted by Gasteiger charge is 2.11. The average Bonchev–Trinajstić information content (AvgIpc) is 2.74. The van der Waals surface area contributed by atoms with Gasteiger partial charge in [-0.2, -0.15) is 9.98 Å². The zero-order valence-corrected chi connectivity index (χ0v) is 12.2. The number of hydrogen-bond acceptors (Lipinski definition) is 4. The van der Waals surface area contributed by atoms with E-state index in [1.807, 2.05) is 13.8 Å². The number of amides is 2. The van der Waals surface area contributed by atoms with Crippen LogP contribution in [0.4, 0.5) is 4.79 Å². The van der Waals surface area contributed by atoms with Gasteiger partial charge >= 0.3 is 6.03 Å². The van der Waals surface area contributed by atoms with Crippen molar-refractivity contribution >= 4 is 18.4 Å². The number of carbonyl (C=O) groups is 1. The zero-order chi connectivity index (χ0) is 13.8. The summed E-state index contributed by atoms with van der Waals surface area (Å²) in [6.45, 7) is 4.60. The van der Waals surface area contributed by atoms with E-state index >= 15 is 0 Å². The topological polar surface area (TPSA) is 83.3 Å². The molecule has 0 spiro atoms. The minimum atomic E-state index is -0.618. The average molecular weight is 300 g/mol. The molecule has 2 amide bonds. The Hall–Kier alpha value is -1.50. The second-order valence-electron chi connectivity index (χ2n) is 4.66. The first-order valence-electron chi connectivity index (χ1n) is 6.21. The number of fused-ring (bicyclic) bond motifs is 1. The molecule has 7 heteroatoms. The normalized spacial score (nSPS) is 14.1. The smallest absolute Gasteiger partial charge is 0.368 e. The van der Waals surface area contributed by atoms with E-state index in [-0.39, 0.29) is 19.0 Å². The van der Waals surface area contributed by atoms with E-state index < -0.39 is 12.1 Å². The van der Waals surface area contributed by atoms with Crippen LogP contribution in [0, 0.1) is 0 Å². The molecule has 110 valence electrons. The lowest BCUT2D eigenvalue weighted by molar-refractivity contribution is 0.104. The van der Waals surface area contributed by atoms with Crippen molar-refractivity contribution < 1.29 is 14.6 Å². The molecule has 0 saturated carbocycles. The number of aliphatic hydroxyl groups is 1. The Balaban J connectivity index is 0.00000200. The number of urea groups is 1. The van der Waals surface area contributed by atoms with E-state index in [1.165, 1.54) is 0 Å². The maximum absolute atomic E-state index is 11.1. The van der Waals surface area contributed by atoms with Crippen molar-refractivity contribution in [1.29, 1.82) is 0 Å². The molecule has 0 fully saturated rings. The predicted molar refractivity (Wildman–Crippen MR) is 76.0 cm³/mol. The lowest BCUT2D eigenvalue weighted by Gasteiger charge is -2.14. The van der Waals surface area contributed by atoms with Crippen LogP contribution in [-0.2, 0) is 0 Å². The van der Waals surface area contributed by atoms with E-state index in [1.54, 1.807) is 18.2 Å². The fourth-order valence-electron chi connectivity index (χ4n) is 1.67. The summed E-state index contributed by atoms with van der Waals surface area (Å²) in [6.07, 6.45) is -0.618. The third-order valence-corrected chi connectivity index (χ3v) is 2.59. The molecule has 2 N–H and O–H groups in total. The summed E-state index contributed by atoms with van der Waals surface area (Å²) in [6, 6.07) is 4.94. The highest BCUT2D eigenvalue weighted by molar-refractivity contribution is 5.85. The van der Waals surface area contributed by atoms with Crippen molar-refractivity contribution in [1.82, 2.24) is 5.32 Å². The first-order valence-corrected chi connectivity index (χ1v) is 6.21. The van der Waals surface area contributed by atoms with Gasteiger partial charge in [0.2, 0.25) is 0 Å². The van der Waals surface area contributed by atoms with E-state index in [4.69, 9.17) is 4.74 Å². The molecule has 0 aliphatic carbocycles. The molecule has 1 aliphatic heterocycles. The number of nitrogens with one attached hydrogen (secondary N) is 1. The Morgan fingerprint density at radius 2 is 2.10 bits per heavy atom. The van der Waals surface area contributed by atoms with Crippen molar-refractivity contribution in [2.45, 2.75) is 26.0 Å². The molecule has 1 heterocycles. The Morgan fingerprint density at radius 1 is 1.35 bits per heavy atom. The van der Waals surface area contributed by atoms with Crippen LogP contribution in [0.2, 0.25) is 0 Å². The molecule has 1 aliphatic rings. The van der Waals surface area contributed by atoms with Gasteiger partial charge in [-0.05, 0) is 12.1 Å².